The van der Waals surface area contributed by atoms with Gasteiger partial charge in [0.25, 0.3) is 0 Å². The van der Waals surface area contributed by atoms with Gasteiger partial charge in [0.05, 0.1) is 18.6 Å². The summed E-state index contributed by atoms with van der Waals surface area (Å²) >= 11 is 0. The van der Waals surface area contributed by atoms with Gasteiger partial charge in [-0.25, -0.2) is 0 Å². The van der Waals surface area contributed by atoms with Crippen LogP contribution < -0.4 is 5.32 Å². The molecule has 0 spiro atoms. The molecule has 2 saturated heterocycles. The number of nitrogens with one attached hydrogen (secondary N) is 1. The van der Waals surface area contributed by atoms with Crippen molar-refractivity contribution in [3.63, 3.8) is 0 Å². The molecule has 0 aromatic heterocycles. The van der Waals surface area contributed by atoms with Crippen LogP contribution >= 0.6 is 0 Å². The molecule has 0 radical (unpaired) electrons. The van der Waals surface area contributed by atoms with Gasteiger partial charge in [-0.15, -0.1) is 0 Å². The minimum Gasteiger partial charge on any atom is -0.380 e. The van der Waals surface area contributed by atoms with E-state index < -0.39 is 11.6 Å². The summed E-state index contributed by atoms with van der Waals surface area (Å²) in [7, 11) is 0. The number of ether oxygens (including phenoxy) is 1. The van der Waals surface area contributed by atoms with E-state index in [4.69, 9.17) is 4.74 Å². The van der Waals surface area contributed by atoms with Crippen LogP contribution in [0.5, 0.6) is 0 Å². The molecular weight excluding hydrogens is 293 g/mol. The number of halogens is 3. The van der Waals surface area contributed by atoms with Crippen LogP contribution in [0.3, 0.4) is 0 Å². The first-order chi connectivity index (χ1) is 10.5. The van der Waals surface area contributed by atoms with E-state index in [1.807, 2.05) is 0 Å². The first kappa shape index (κ1) is 16.5. The molecule has 0 unspecified atom stereocenters. The van der Waals surface area contributed by atoms with Crippen LogP contribution in [0.15, 0.2) is 0 Å². The largest absolute Gasteiger partial charge is 0.396 e. The highest BCUT2D eigenvalue weighted by atomic mass is 19.4. The highest BCUT2D eigenvalue weighted by Crippen LogP contribution is 2.57. The van der Waals surface area contributed by atoms with Crippen LogP contribution in [0.1, 0.15) is 38.5 Å². The molecule has 0 aromatic rings. The van der Waals surface area contributed by atoms with Gasteiger partial charge >= 0.3 is 6.18 Å². The molecule has 1 saturated carbocycles. The summed E-state index contributed by atoms with van der Waals surface area (Å²) in [6.45, 7) is 4.63. The number of hydrogen-bond donors (Lipinski definition) is 1. The van der Waals surface area contributed by atoms with Crippen molar-refractivity contribution >= 4 is 0 Å². The first-order valence-corrected chi connectivity index (χ1v) is 8.59. The zero-order valence-corrected chi connectivity index (χ0v) is 13.1. The van der Waals surface area contributed by atoms with Crippen LogP contribution in [0.4, 0.5) is 13.2 Å². The molecule has 2 heterocycles. The molecule has 2 aliphatic heterocycles. The van der Waals surface area contributed by atoms with Crippen LogP contribution in [-0.4, -0.2) is 56.5 Å². The fourth-order valence-corrected chi connectivity index (χ4v) is 3.82. The van der Waals surface area contributed by atoms with E-state index in [-0.39, 0.29) is 19.4 Å². The molecule has 22 heavy (non-hydrogen) atoms. The molecule has 1 N–H and O–H groups in total. The Morgan fingerprint density at radius 2 is 1.86 bits per heavy atom. The first-order valence-electron chi connectivity index (χ1n) is 8.59. The highest BCUT2D eigenvalue weighted by molar-refractivity contribution is 4.99. The van der Waals surface area contributed by atoms with Gasteiger partial charge in [-0.3, -0.25) is 4.90 Å². The Morgan fingerprint density at radius 3 is 2.50 bits per heavy atom. The summed E-state index contributed by atoms with van der Waals surface area (Å²) in [6.07, 6.45) is 0.976. The predicted octanol–water partition coefficient (Wildman–Crippen LogP) is 2.81. The molecule has 0 aromatic carbocycles. The lowest BCUT2D eigenvalue weighted by atomic mass is 9.95. The summed E-state index contributed by atoms with van der Waals surface area (Å²) < 4.78 is 44.1. The molecule has 1 aliphatic carbocycles. The number of hydrogen-bond acceptors (Lipinski definition) is 3. The van der Waals surface area contributed by atoms with Gasteiger partial charge < -0.3 is 10.1 Å². The summed E-state index contributed by atoms with van der Waals surface area (Å²) in [5.41, 5.74) is -1.52. The van der Waals surface area contributed by atoms with E-state index in [1.54, 1.807) is 0 Å². The number of likely N-dealkylation sites (tertiary alicyclic amines) is 1. The maximum Gasteiger partial charge on any atom is 0.396 e. The fraction of sp³-hybridized carbons (Fsp3) is 1.00. The lowest BCUT2D eigenvalue weighted by Gasteiger charge is -2.40. The second-order valence-electron chi connectivity index (χ2n) is 7.28. The van der Waals surface area contributed by atoms with E-state index >= 15 is 0 Å². The SMILES string of the molecule is FC(F)(F)C1(COC[C@@H]2CCCN(C3CCNCC3)C2)CC1. The Hall–Kier alpha value is -0.330. The van der Waals surface area contributed by atoms with Gasteiger partial charge in [0.1, 0.15) is 0 Å². The van der Waals surface area contributed by atoms with E-state index in [9.17, 15) is 13.2 Å². The molecule has 1 atom stereocenters. The Labute approximate surface area is 130 Å². The summed E-state index contributed by atoms with van der Waals surface area (Å²) in [5, 5.41) is 3.38. The monoisotopic (exact) mass is 320 g/mol. The maximum atomic E-state index is 12.9. The summed E-state index contributed by atoms with van der Waals surface area (Å²) in [6, 6.07) is 0.647. The molecule has 3 aliphatic rings. The normalized spacial score (nSPS) is 30.4. The third-order valence-electron chi connectivity index (χ3n) is 5.56. The number of rotatable bonds is 5. The quantitative estimate of drug-likeness (QED) is 0.843. The van der Waals surface area contributed by atoms with Crippen LogP contribution in [0.25, 0.3) is 0 Å². The summed E-state index contributed by atoms with van der Waals surface area (Å²) in [5.74, 6) is 0.396. The number of piperidine rings is 2. The van der Waals surface area contributed by atoms with Gasteiger partial charge in [-0.1, -0.05) is 0 Å². The molecule has 3 fully saturated rings. The van der Waals surface area contributed by atoms with E-state index in [1.165, 1.54) is 12.8 Å². The minimum atomic E-state index is -4.10. The molecule has 3 rings (SSSR count). The smallest absolute Gasteiger partial charge is 0.380 e. The second kappa shape index (κ2) is 6.65. The predicted molar refractivity (Wildman–Crippen MR) is 78.7 cm³/mol. The van der Waals surface area contributed by atoms with Crippen LogP contribution in [0.2, 0.25) is 0 Å². The zero-order chi connectivity index (χ0) is 15.6. The van der Waals surface area contributed by atoms with E-state index in [0.717, 1.165) is 39.0 Å². The van der Waals surface area contributed by atoms with E-state index in [2.05, 4.69) is 10.2 Å². The third kappa shape index (κ3) is 3.77. The molecule has 0 amide bonds. The number of nitrogens with zero attached hydrogens (tertiary/aromatic N) is 1. The van der Waals surface area contributed by atoms with Gasteiger partial charge in [0.2, 0.25) is 0 Å². The molecule has 6 heteroatoms. The standard InChI is InChI=1S/C16H27F3N2O/c17-16(18,19)15(5-6-15)12-22-11-13-2-1-9-21(10-13)14-3-7-20-8-4-14/h13-14,20H,1-12H2/t13-/m1/s1. The van der Waals surface area contributed by atoms with Crippen LogP contribution in [0, 0.1) is 11.3 Å². The van der Waals surface area contributed by atoms with Gasteiger partial charge in [-0.2, -0.15) is 13.2 Å². The topological polar surface area (TPSA) is 24.5 Å². The maximum absolute atomic E-state index is 12.9. The minimum absolute atomic E-state index is 0.139. The average molecular weight is 320 g/mol. The Morgan fingerprint density at radius 1 is 1.14 bits per heavy atom. The second-order valence-corrected chi connectivity index (χ2v) is 7.28. The molecule has 128 valence electrons. The Bertz CT molecular complexity index is 365. The third-order valence-corrected chi connectivity index (χ3v) is 5.56. The van der Waals surface area contributed by atoms with Crippen molar-refractivity contribution in [2.45, 2.75) is 50.7 Å². The Kier molecular flexibility index (Phi) is 5.00. The van der Waals surface area contributed by atoms with Crippen LogP contribution in [-0.2, 0) is 4.74 Å². The fourth-order valence-electron chi connectivity index (χ4n) is 3.82. The van der Waals surface area contributed by atoms with Gasteiger partial charge in [0, 0.05) is 12.6 Å². The number of alkyl halides is 3. The van der Waals surface area contributed by atoms with Crippen molar-refractivity contribution in [3.05, 3.63) is 0 Å². The van der Waals surface area contributed by atoms with Gasteiger partial charge in [-0.05, 0) is 64.1 Å². The van der Waals surface area contributed by atoms with Crippen molar-refractivity contribution in [1.82, 2.24) is 10.2 Å². The molecule has 0 bridgehead atoms. The van der Waals surface area contributed by atoms with Crippen molar-refractivity contribution in [1.29, 1.82) is 0 Å². The lowest BCUT2D eigenvalue weighted by Crippen LogP contribution is -2.48. The summed E-state index contributed by atoms with van der Waals surface area (Å²) in [4.78, 5) is 2.54. The van der Waals surface area contributed by atoms with Crippen molar-refractivity contribution in [3.8, 4) is 0 Å². The average Bonchev–Trinajstić information content (AvgIpc) is 3.29. The molecule has 3 nitrogen and oxygen atoms in total. The molecular formula is C16H27F3N2O. The zero-order valence-electron chi connectivity index (χ0n) is 13.1. The van der Waals surface area contributed by atoms with E-state index in [0.29, 0.717) is 18.6 Å². The van der Waals surface area contributed by atoms with Crippen molar-refractivity contribution in [2.24, 2.45) is 11.3 Å². The van der Waals surface area contributed by atoms with Crippen molar-refractivity contribution < 1.29 is 17.9 Å². The highest BCUT2D eigenvalue weighted by Gasteiger charge is 2.63. The van der Waals surface area contributed by atoms with Gasteiger partial charge in [0.15, 0.2) is 0 Å². The van der Waals surface area contributed by atoms with Crippen molar-refractivity contribution in [2.75, 3.05) is 39.4 Å². The lowest BCUT2D eigenvalue weighted by molar-refractivity contribution is -0.202. The Balaban J connectivity index is 1.41.